The first kappa shape index (κ1) is 15.4. The van der Waals surface area contributed by atoms with Gasteiger partial charge >= 0.3 is 5.97 Å². The fraction of sp³-hybridized carbons (Fsp3) is 0.357. The average molecular weight is 306 g/mol. The lowest BCUT2D eigenvalue weighted by atomic mass is 10.1. The van der Waals surface area contributed by atoms with E-state index in [0.717, 1.165) is 23.6 Å². The Balaban J connectivity index is 1.98. The molecule has 7 heteroatoms. The number of carbonyl (C=O) groups is 1. The van der Waals surface area contributed by atoms with Crippen molar-refractivity contribution in [1.82, 2.24) is 15.0 Å². The summed E-state index contributed by atoms with van der Waals surface area (Å²) in [6, 6.07) is 5.53. The lowest BCUT2D eigenvalue weighted by molar-refractivity contribution is 0.0694. The van der Waals surface area contributed by atoms with Crippen LogP contribution in [0.2, 0.25) is 0 Å². The molecule has 0 aliphatic rings. The van der Waals surface area contributed by atoms with Gasteiger partial charge in [0.05, 0.1) is 11.8 Å². The smallest absolute Gasteiger partial charge is 0.338 e. The van der Waals surface area contributed by atoms with Crippen molar-refractivity contribution in [2.45, 2.75) is 24.8 Å². The van der Waals surface area contributed by atoms with E-state index in [1.165, 1.54) is 11.8 Å². The molecule has 112 valence electrons. The van der Waals surface area contributed by atoms with E-state index in [1.54, 1.807) is 23.1 Å². The van der Waals surface area contributed by atoms with Gasteiger partial charge in [-0.05, 0) is 24.3 Å². The molecule has 0 radical (unpaired) electrons. The van der Waals surface area contributed by atoms with Crippen LogP contribution in [0.4, 0.5) is 5.69 Å². The van der Waals surface area contributed by atoms with E-state index >= 15 is 0 Å². The highest BCUT2D eigenvalue weighted by Gasteiger charge is 2.15. The third kappa shape index (κ3) is 4.22. The number of nitrogens with zero attached hydrogens (tertiary/aromatic N) is 3. The zero-order valence-corrected chi connectivity index (χ0v) is 12.6. The van der Waals surface area contributed by atoms with E-state index in [9.17, 15) is 9.90 Å². The number of aromatic carboxylic acids is 1. The van der Waals surface area contributed by atoms with Gasteiger partial charge in [0, 0.05) is 29.9 Å². The minimum atomic E-state index is -0.898. The molecule has 2 rings (SSSR count). The number of benzene rings is 1. The Morgan fingerprint density at radius 2 is 2.33 bits per heavy atom. The molecule has 21 heavy (non-hydrogen) atoms. The standard InChI is InChI=1S/C14H18N4O2S/c1-2-21-12-6-3-5-11(13(12)14(19)20)15-7-4-9-18-10-8-16-17-18/h3,5-6,8,10,15H,2,4,7,9H2,1H3,(H,19,20). The second-order valence-electron chi connectivity index (χ2n) is 4.36. The highest BCUT2D eigenvalue weighted by atomic mass is 32.2. The number of hydrogen-bond acceptors (Lipinski definition) is 5. The van der Waals surface area contributed by atoms with E-state index < -0.39 is 5.97 Å². The molecule has 2 N–H and O–H groups in total. The molecule has 0 unspecified atom stereocenters. The highest BCUT2D eigenvalue weighted by molar-refractivity contribution is 7.99. The van der Waals surface area contributed by atoms with Crippen molar-refractivity contribution in [2.75, 3.05) is 17.6 Å². The average Bonchev–Trinajstić information content (AvgIpc) is 2.97. The van der Waals surface area contributed by atoms with Crippen LogP contribution in [0.15, 0.2) is 35.5 Å². The first-order valence-electron chi connectivity index (χ1n) is 6.79. The summed E-state index contributed by atoms with van der Waals surface area (Å²) >= 11 is 1.54. The first-order chi connectivity index (χ1) is 10.2. The third-order valence-corrected chi connectivity index (χ3v) is 3.83. The molecule has 0 saturated carbocycles. The van der Waals surface area contributed by atoms with Gasteiger partial charge < -0.3 is 10.4 Å². The molecular formula is C14H18N4O2S. The van der Waals surface area contributed by atoms with Gasteiger partial charge in [-0.15, -0.1) is 16.9 Å². The summed E-state index contributed by atoms with van der Waals surface area (Å²) in [6.45, 7) is 3.44. The summed E-state index contributed by atoms with van der Waals surface area (Å²) < 4.78 is 1.75. The number of carboxylic acid groups (broad SMARTS) is 1. The second-order valence-corrected chi connectivity index (χ2v) is 5.67. The van der Waals surface area contributed by atoms with Crippen molar-refractivity contribution in [2.24, 2.45) is 0 Å². The maximum atomic E-state index is 11.5. The predicted octanol–water partition coefficient (Wildman–Crippen LogP) is 2.59. The lowest BCUT2D eigenvalue weighted by Crippen LogP contribution is -2.11. The van der Waals surface area contributed by atoms with Crippen LogP contribution in [-0.4, -0.2) is 38.4 Å². The zero-order valence-electron chi connectivity index (χ0n) is 11.8. The molecule has 0 atom stereocenters. The SMILES string of the molecule is CCSc1cccc(NCCCn2ccnn2)c1C(=O)O. The van der Waals surface area contributed by atoms with Crippen LogP contribution in [0.1, 0.15) is 23.7 Å². The largest absolute Gasteiger partial charge is 0.478 e. The molecule has 0 bridgehead atoms. The Morgan fingerprint density at radius 3 is 3.00 bits per heavy atom. The number of rotatable bonds is 8. The molecule has 0 saturated heterocycles. The summed E-state index contributed by atoms with van der Waals surface area (Å²) in [7, 11) is 0. The van der Waals surface area contributed by atoms with Gasteiger partial charge in [0.25, 0.3) is 0 Å². The molecule has 1 heterocycles. The molecule has 6 nitrogen and oxygen atoms in total. The maximum absolute atomic E-state index is 11.5. The quantitative estimate of drug-likeness (QED) is 0.576. The Bertz CT molecular complexity index is 587. The van der Waals surface area contributed by atoms with Gasteiger partial charge in [0.15, 0.2) is 0 Å². The van der Waals surface area contributed by atoms with Gasteiger partial charge in [-0.3, -0.25) is 4.68 Å². The fourth-order valence-corrected chi connectivity index (χ4v) is 2.82. The number of thioether (sulfide) groups is 1. The van der Waals surface area contributed by atoms with E-state index in [0.29, 0.717) is 17.8 Å². The maximum Gasteiger partial charge on any atom is 0.338 e. The summed E-state index contributed by atoms with van der Waals surface area (Å²) in [4.78, 5) is 12.3. The molecule has 1 aromatic carbocycles. The normalized spacial score (nSPS) is 10.5. The van der Waals surface area contributed by atoms with Crippen molar-refractivity contribution in [3.63, 3.8) is 0 Å². The summed E-state index contributed by atoms with van der Waals surface area (Å²) in [5.74, 6) is -0.0546. The number of hydrogen-bond donors (Lipinski definition) is 2. The van der Waals surface area contributed by atoms with Crippen molar-refractivity contribution in [1.29, 1.82) is 0 Å². The second kappa shape index (κ2) is 7.68. The minimum Gasteiger partial charge on any atom is -0.478 e. The minimum absolute atomic E-state index is 0.352. The van der Waals surface area contributed by atoms with E-state index in [-0.39, 0.29) is 0 Å². The molecule has 0 amide bonds. The fourth-order valence-electron chi connectivity index (χ4n) is 1.99. The number of anilines is 1. The monoisotopic (exact) mass is 306 g/mol. The van der Waals surface area contributed by atoms with Crippen LogP contribution in [0, 0.1) is 0 Å². The Kier molecular flexibility index (Phi) is 5.62. The Labute approximate surface area is 127 Å². The highest BCUT2D eigenvalue weighted by Crippen LogP contribution is 2.28. The molecular weight excluding hydrogens is 288 g/mol. The van der Waals surface area contributed by atoms with Crippen molar-refractivity contribution < 1.29 is 9.90 Å². The van der Waals surface area contributed by atoms with E-state index in [2.05, 4.69) is 15.6 Å². The molecule has 0 aliphatic carbocycles. The van der Waals surface area contributed by atoms with Crippen molar-refractivity contribution in [3.05, 3.63) is 36.2 Å². The molecule has 0 aliphatic heterocycles. The number of aromatic nitrogens is 3. The van der Waals surface area contributed by atoms with Gasteiger partial charge in [-0.1, -0.05) is 18.2 Å². The summed E-state index contributed by atoms with van der Waals surface area (Å²) in [6.07, 6.45) is 4.29. The zero-order chi connectivity index (χ0) is 15.1. The molecule has 2 aromatic rings. The molecule has 1 aromatic heterocycles. The predicted molar refractivity (Wildman–Crippen MR) is 82.9 cm³/mol. The van der Waals surface area contributed by atoms with Crippen molar-refractivity contribution in [3.8, 4) is 0 Å². The van der Waals surface area contributed by atoms with Crippen LogP contribution < -0.4 is 5.32 Å². The van der Waals surface area contributed by atoms with Gasteiger partial charge in [-0.25, -0.2) is 4.79 Å². The lowest BCUT2D eigenvalue weighted by Gasteiger charge is -2.12. The number of aryl methyl sites for hydroxylation is 1. The Hall–Kier alpha value is -2.02. The third-order valence-electron chi connectivity index (χ3n) is 2.89. The molecule has 0 spiro atoms. The van der Waals surface area contributed by atoms with Crippen LogP contribution in [-0.2, 0) is 6.54 Å². The van der Waals surface area contributed by atoms with Crippen LogP contribution in [0.3, 0.4) is 0 Å². The van der Waals surface area contributed by atoms with E-state index in [4.69, 9.17) is 0 Å². The van der Waals surface area contributed by atoms with Crippen molar-refractivity contribution >= 4 is 23.4 Å². The van der Waals surface area contributed by atoms with Gasteiger partial charge in [0.1, 0.15) is 0 Å². The van der Waals surface area contributed by atoms with Crippen LogP contribution >= 0.6 is 11.8 Å². The van der Waals surface area contributed by atoms with Gasteiger partial charge in [0.2, 0.25) is 0 Å². The van der Waals surface area contributed by atoms with Crippen LogP contribution in [0.5, 0.6) is 0 Å². The first-order valence-corrected chi connectivity index (χ1v) is 7.78. The van der Waals surface area contributed by atoms with E-state index in [1.807, 2.05) is 19.1 Å². The topological polar surface area (TPSA) is 80.0 Å². The van der Waals surface area contributed by atoms with Gasteiger partial charge in [-0.2, -0.15) is 0 Å². The number of carboxylic acids is 1. The summed E-state index contributed by atoms with van der Waals surface area (Å²) in [5.41, 5.74) is 1.02. The van der Waals surface area contributed by atoms with Crippen LogP contribution in [0.25, 0.3) is 0 Å². The summed E-state index contributed by atoms with van der Waals surface area (Å²) in [5, 5.41) is 20.2. The number of nitrogens with one attached hydrogen (secondary N) is 1. The molecule has 0 fully saturated rings. The Morgan fingerprint density at radius 1 is 1.48 bits per heavy atom.